The predicted molar refractivity (Wildman–Crippen MR) is 77.0 cm³/mol. The molecule has 2 rings (SSSR count). The number of hydrogen-bond donors (Lipinski definition) is 1. The maximum atomic E-state index is 11.3. The topological polar surface area (TPSA) is 64.0 Å². The summed E-state index contributed by atoms with van der Waals surface area (Å²) in [4.78, 5) is 0. The highest BCUT2D eigenvalue weighted by Gasteiger charge is 2.18. The van der Waals surface area contributed by atoms with Gasteiger partial charge < -0.3 is 0 Å². The molecular weight excluding hydrogens is 282 g/mol. The number of aryl methyl sites for hydroxylation is 2. The summed E-state index contributed by atoms with van der Waals surface area (Å²) in [5, 5.41) is 8.45. The molecule has 0 saturated carbocycles. The highest BCUT2D eigenvalue weighted by Crippen LogP contribution is 2.22. The van der Waals surface area contributed by atoms with Gasteiger partial charge in [0.15, 0.2) is 0 Å². The number of nitrogens with zero attached hydrogens (tertiary/aromatic N) is 2. The first-order chi connectivity index (χ1) is 8.87. The summed E-state index contributed by atoms with van der Waals surface area (Å²) >= 11 is 1.59. The van der Waals surface area contributed by atoms with E-state index in [1.165, 1.54) is 6.26 Å². The minimum atomic E-state index is -3.21. The lowest BCUT2D eigenvalue weighted by Crippen LogP contribution is -2.31. The van der Waals surface area contributed by atoms with Gasteiger partial charge in [-0.3, -0.25) is 4.68 Å². The van der Waals surface area contributed by atoms with Crippen molar-refractivity contribution in [3.63, 3.8) is 0 Å². The Hall–Kier alpha value is -1.18. The molecule has 5 nitrogen and oxygen atoms in total. The predicted octanol–water partition coefficient (Wildman–Crippen LogP) is 1.70. The third-order valence-corrected chi connectivity index (χ3v) is 4.20. The molecule has 0 radical (unpaired) electrons. The Morgan fingerprint density at radius 2 is 2.21 bits per heavy atom. The first-order valence-electron chi connectivity index (χ1n) is 5.86. The van der Waals surface area contributed by atoms with Crippen molar-refractivity contribution >= 4 is 21.4 Å². The number of nitrogens with one attached hydrogen (secondary N) is 1. The SMILES string of the molecule is Cc1cc(C)n(C(CNS(C)(=O)=O)c2ccsc2)n1. The third kappa shape index (κ3) is 3.65. The quantitative estimate of drug-likeness (QED) is 0.914. The fourth-order valence-corrected chi connectivity index (χ4v) is 3.17. The first kappa shape index (κ1) is 14.2. The van der Waals surface area contributed by atoms with Gasteiger partial charge in [0.2, 0.25) is 10.0 Å². The molecule has 19 heavy (non-hydrogen) atoms. The van der Waals surface area contributed by atoms with Gasteiger partial charge in [-0.25, -0.2) is 13.1 Å². The molecule has 0 spiro atoms. The van der Waals surface area contributed by atoms with Crippen LogP contribution >= 0.6 is 11.3 Å². The second-order valence-corrected chi connectivity index (χ2v) is 7.18. The molecular formula is C12H17N3O2S2. The van der Waals surface area contributed by atoms with E-state index in [-0.39, 0.29) is 6.04 Å². The van der Waals surface area contributed by atoms with E-state index >= 15 is 0 Å². The Labute approximate surface area is 117 Å². The Bertz CT molecular complexity index is 645. The standard InChI is InChI=1S/C12H17N3O2S2/c1-9-6-10(2)15(14-9)12(7-13-19(3,16)17)11-4-5-18-8-11/h4-6,8,12-13H,7H2,1-3H3. The monoisotopic (exact) mass is 299 g/mol. The number of thiophene rings is 1. The molecule has 1 atom stereocenters. The van der Waals surface area contributed by atoms with Crippen LogP contribution in [0.1, 0.15) is 23.0 Å². The van der Waals surface area contributed by atoms with Crippen molar-refractivity contribution in [3.8, 4) is 0 Å². The summed E-state index contributed by atoms with van der Waals surface area (Å²) < 4.78 is 27.0. The molecule has 2 heterocycles. The molecule has 0 amide bonds. The van der Waals surface area contributed by atoms with Crippen molar-refractivity contribution in [1.82, 2.24) is 14.5 Å². The number of rotatable bonds is 5. The lowest BCUT2D eigenvalue weighted by molar-refractivity contribution is 0.496. The first-order valence-corrected chi connectivity index (χ1v) is 8.70. The average molecular weight is 299 g/mol. The minimum Gasteiger partial charge on any atom is -0.261 e. The Balaban J connectivity index is 2.32. The van der Waals surface area contributed by atoms with Gasteiger partial charge in [-0.2, -0.15) is 16.4 Å². The number of hydrogen-bond acceptors (Lipinski definition) is 4. The average Bonchev–Trinajstić information content (AvgIpc) is 2.88. The second kappa shape index (κ2) is 5.44. The van der Waals surface area contributed by atoms with E-state index in [1.54, 1.807) is 11.3 Å². The molecule has 0 aliphatic carbocycles. The third-order valence-electron chi connectivity index (χ3n) is 2.81. The van der Waals surface area contributed by atoms with Gasteiger partial charge in [-0.05, 0) is 42.3 Å². The fourth-order valence-electron chi connectivity index (χ4n) is 2.00. The van der Waals surface area contributed by atoms with Crippen molar-refractivity contribution in [2.75, 3.05) is 12.8 Å². The summed E-state index contributed by atoms with van der Waals surface area (Å²) in [6, 6.07) is 3.87. The van der Waals surface area contributed by atoms with E-state index in [0.29, 0.717) is 6.54 Å². The van der Waals surface area contributed by atoms with Crippen LogP contribution in [0, 0.1) is 13.8 Å². The molecule has 0 aliphatic rings. The van der Waals surface area contributed by atoms with Crippen LogP contribution in [0.25, 0.3) is 0 Å². The molecule has 1 N–H and O–H groups in total. The van der Waals surface area contributed by atoms with Gasteiger partial charge in [-0.1, -0.05) is 0 Å². The molecule has 1 unspecified atom stereocenters. The molecule has 0 fully saturated rings. The Kier molecular flexibility index (Phi) is 4.07. The molecule has 0 aromatic carbocycles. The highest BCUT2D eigenvalue weighted by atomic mass is 32.2. The van der Waals surface area contributed by atoms with E-state index in [9.17, 15) is 8.42 Å². The van der Waals surface area contributed by atoms with Gasteiger partial charge >= 0.3 is 0 Å². The molecule has 0 saturated heterocycles. The minimum absolute atomic E-state index is 0.116. The maximum Gasteiger partial charge on any atom is 0.208 e. The van der Waals surface area contributed by atoms with E-state index in [0.717, 1.165) is 17.0 Å². The van der Waals surface area contributed by atoms with Gasteiger partial charge in [0.1, 0.15) is 0 Å². The Morgan fingerprint density at radius 3 is 2.68 bits per heavy atom. The smallest absolute Gasteiger partial charge is 0.208 e. The molecule has 104 valence electrons. The zero-order chi connectivity index (χ0) is 14.0. The summed E-state index contributed by atoms with van der Waals surface area (Å²) in [6.07, 6.45) is 1.17. The lowest BCUT2D eigenvalue weighted by Gasteiger charge is -2.18. The number of aromatic nitrogens is 2. The largest absolute Gasteiger partial charge is 0.261 e. The van der Waals surface area contributed by atoms with Gasteiger partial charge in [0, 0.05) is 12.2 Å². The van der Waals surface area contributed by atoms with Crippen LogP contribution in [0.5, 0.6) is 0 Å². The van der Waals surface area contributed by atoms with Gasteiger partial charge in [-0.15, -0.1) is 0 Å². The molecule has 0 bridgehead atoms. The Morgan fingerprint density at radius 1 is 1.47 bits per heavy atom. The lowest BCUT2D eigenvalue weighted by atomic mass is 10.1. The summed E-state index contributed by atoms with van der Waals surface area (Å²) in [7, 11) is -3.21. The van der Waals surface area contributed by atoms with Gasteiger partial charge in [0.05, 0.1) is 18.0 Å². The second-order valence-electron chi connectivity index (χ2n) is 4.56. The van der Waals surface area contributed by atoms with E-state index < -0.39 is 10.0 Å². The zero-order valence-electron chi connectivity index (χ0n) is 11.1. The van der Waals surface area contributed by atoms with Crippen molar-refractivity contribution in [2.24, 2.45) is 0 Å². The van der Waals surface area contributed by atoms with Crippen LogP contribution in [0.3, 0.4) is 0 Å². The van der Waals surface area contributed by atoms with Crippen LogP contribution in [-0.2, 0) is 10.0 Å². The summed E-state index contributed by atoms with van der Waals surface area (Å²) in [5.74, 6) is 0. The summed E-state index contributed by atoms with van der Waals surface area (Å²) in [5.41, 5.74) is 3.01. The fraction of sp³-hybridized carbons (Fsp3) is 0.417. The molecule has 0 aliphatic heterocycles. The summed E-state index contributed by atoms with van der Waals surface area (Å²) in [6.45, 7) is 4.20. The van der Waals surface area contributed by atoms with Crippen molar-refractivity contribution in [1.29, 1.82) is 0 Å². The normalized spacial score (nSPS) is 13.6. The van der Waals surface area contributed by atoms with Crippen LogP contribution < -0.4 is 4.72 Å². The zero-order valence-corrected chi connectivity index (χ0v) is 12.8. The van der Waals surface area contributed by atoms with Crippen LogP contribution in [0.4, 0.5) is 0 Å². The molecule has 2 aromatic heterocycles. The molecule has 7 heteroatoms. The van der Waals surface area contributed by atoms with E-state index in [4.69, 9.17) is 0 Å². The van der Waals surface area contributed by atoms with Gasteiger partial charge in [0.25, 0.3) is 0 Å². The highest BCUT2D eigenvalue weighted by molar-refractivity contribution is 7.88. The van der Waals surface area contributed by atoms with E-state index in [2.05, 4.69) is 9.82 Å². The molecule has 2 aromatic rings. The van der Waals surface area contributed by atoms with Crippen LogP contribution in [0.2, 0.25) is 0 Å². The maximum absolute atomic E-state index is 11.3. The van der Waals surface area contributed by atoms with Crippen molar-refractivity contribution in [3.05, 3.63) is 39.8 Å². The van der Waals surface area contributed by atoms with E-state index in [1.807, 2.05) is 41.4 Å². The van der Waals surface area contributed by atoms with Crippen LogP contribution in [-0.4, -0.2) is 31.0 Å². The van der Waals surface area contributed by atoms with Crippen LogP contribution in [0.15, 0.2) is 22.9 Å². The number of sulfonamides is 1. The van der Waals surface area contributed by atoms with Crippen molar-refractivity contribution in [2.45, 2.75) is 19.9 Å². The van der Waals surface area contributed by atoms with Crippen molar-refractivity contribution < 1.29 is 8.42 Å².